The van der Waals surface area contributed by atoms with Gasteiger partial charge in [0.2, 0.25) is 0 Å². The molecule has 0 radical (unpaired) electrons. The van der Waals surface area contributed by atoms with Gasteiger partial charge in [0.1, 0.15) is 5.69 Å². The van der Waals surface area contributed by atoms with Gasteiger partial charge in [-0.3, -0.25) is 9.89 Å². The van der Waals surface area contributed by atoms with Crippen LogP contribution in [0.15, 0.2) is 34.8 Å². The predicted molar refractivity (Wildman–Crippen MR) is 98.9 cm³/mol. The van der Waals surface area contributed by atoms with E-state index in [1.54, 1.807) is 0 Å². The summed E-state index contributed by atoms with van der Waals surface area (Å²) in [5.74, 6) is 0.777. The monoisotopic (exact) mass is 390 g/mol. The highest BCUT2D eigenvalue weighted by atomic mass is 79.9. The molecule has 0 unspecified atom stereocenters. The summed E-state index contributed by atoms with van der Waals surface area (Å²) >= 11 is 3.43. The van der Waals surface area contributed by atoms with Gasteiger partial charge >= 0.3 is 0 Å². The number of carbonyl (C=O) groups is 1. The summed E-state index contributed by atoms with van der Waals surface area (Å²) in [6.45, 7) is 2.72. The molecule has 1 aliphatic heterocycles. The number of carbonyl (C=O) groups excluding carboxylic acids is 1. The Morgan fingerprint density at radius 3 is 2.71 bits per heavy atom. The fourth-order valence-corrected chi connectivity index (χ4v) is 3.41. The van der Waals surface area contributed by atoms with Crippen molar-refractivity contribution in [3.8, 4) is 11.3 Å². The molecule has 0 spiro atoms. The number of rotatable bonds is 5. The Hall–Kier alpha value is -1.66. The Bertz CT molecular complexity index is 675. The van der Waals surface area contributed by atoms with E-state index in [4.69, 9.17) is 0 Å². The SMILES string of the molecule is CNCCC1CCN(C(=O)c2cc(-c3ccc(Br)cc3)n[nH]2)CC1. The second-order valence-corrected chi connectivity index (χ2v) is 7.22. The van der Waals surface area contributed by atoms with Gasteiger partial charge in [0.25, 0.3) is 5.91 Å². The number of H-pyrrole nitrogens is 1. The standard InChI is InChI=1S/C18H23BrN4O/c1-20-9-6-13-7-10-23(11-8-13)18(24)17-12-16(21-22-17)14-2-4-15(19)5-3-14/h2-5,12-13,20H,6-11H2,1H3,(H,21,22). The summed E-state index contributed by atoms with van der Waals surface area (Å²) in [4.78, 5) is 14.6. The number of aromatic nitrogens is 2. The van der Waals surface area contributed by atoms with Crippen molar-refractivity contribution in [2.45, 2.75) is 19.3 Å². The van der Waals surface area contributed by atoms with E-state index in [2.05, 4.69) is 31.4 Å². The van der Waals surface area contributed by atoms with Crippen LogP contribution in [0.5, 0.6) is 0 Å². The number of likely N-dealkylation sites (tertiary alicyclic amines) is 1. The zero-order chi connectivity index (χ0) is 16.9. The molecule has 1 aromatic heterocycles. The van der Waals surface area contributed by atoms with Gasteiger partial charge in [-0.25, -0.2) is 0 Å². The topological polar surface area (TPSA) is 61.0 Å². The lowest BCUT2D eigenvalue weighted by atomic mass is 9.93. The van der Waals surface area contributed by atoms with E-state index in [0.29, 0.717) is 5.69 Å². The Labute approximate surface area is 151 Å². The number of hydrogen-bond acceptors (Lipinski definition) is 3. The van der Waals surface area contributed by atoms with Crippen molar-refractivity contribution in [1.29, 1.82) is 0 Å². The highest BCUT2D eigenvalue weighted by molar-refractivity contribution is 9.10. The first kappa shape index (κ1) is 17.2. The average Bonchev–Trinajstić information content (AvgIpc) is 3.10. The highest BCUT2D eigenvalue weighted by Gasteiger charge is 2.24. The molecule has 0 aliphatic carbocycles. The molecule has 2 aromatic rings. The van der Waals surface area contributed by atoms with Crippen molar-refractivity contribution < 1.29 is 4.79 Å². The first-order valence-electron chi connectivity index (χ1n) is 8.42. The Kier molecular flexibility index (Phi) is 5.68. The normalized spacial score (nSPS) is 15.7. The van der Waals surface area contributed by atoms with Crippen LogP contribution >= 0.6 is 15.9 Å². The fraction of sp³-hybridized carbons (Fsp3) is 0.444. The van der Waals surface area contributed by atoms with Crippen molar-refractivity contribution in [2.75, 3.05) is 26.7 Å². The minimum Gasteiger partial charge on any atom is -0.337 e. The molecule has 1 amide bonds. The van der Waals surface area contributed by atoms with Crippen LogP contribution in [0.1, 0.15) is 29.8 Å². The summed E-state index contributed by atoms with van der Waals surface area (Å²) in [7, 11) is 1.99. The highest BCUT2D eigenvalue weighted by Crippen LogP contribution is 2.23. The number of piperidine rings is 1. The molecule has 1 fully saturated rings. The van der Waals surface area contributed by atoms with E-state index in [-0.39, 0.29) is 5.91 Å². The van der Waals surface area contributed by atoms with Crippen molar-refractivity contribution >= 4 is 21.8 Å². The summed E-state index contributed by atoms with van der Waals surface area (Å²) in [6.07, 6.45) is 3.36. The van der Waals surface area contributed by atoms with Crippen molar-refractivity contribution in [3.63, 3.8) is 0 Å². The number of halogens is 1. The summed E-state index contributed by atoms with van der Waals surface area (Å²) in [5, 5.41) is 10.4. The van der Waals surface area contributed by atoms with E-state index < -0.39 is 0 Å². The Morgan fingerprint density at radius 2 is 2.04 bits per heavy atom. The van der Waals surface area contributed by atoms with Crippen LogP contribution in [-0.2, 0) is 0 Å². The molecule has 2 heterocycles. The molecule has 2 N–H and O–H groups in total. The van der Waals surface area contributed by atoms with Gasteiger partial charge in [0, 0.05) is 23.1 Å². The zero-order valence-electron chi connectivity index (χ0n) is 13.9. The predicted octanol–water partition coefficient (Wildman–Crippen LogP) is 3.30. The van der Waals surface area contributed by atoms with Gasteiger partial charge in [0.15, 0.2) is 0 Å². The number of amides is 1. The van der Waals surface area contributed by atoms with Crippen LogP contribution in [0.2, 0.25) is 0 Å². The van der Waals surface area contributed by atoms with E-state index >= 15 is 0 Å². The van der Waals surface area contributed by atoms with Crippen LogP contribution < -0.4 is 5.32 Å². The lowest BCUT2D eigenvalue weighted by Crippen LogP contribution is -2.39. The lowest BCUT2D eigenvalue weighted by Gasteiger charge is -2.31. The molecule has 1 aromatic carbocycles. The smallest absolute Gasteiger partial charge is 0.271 e. The number of benzene rings is 1. The minimum absolute atomic E-state index is 0.0536. The molecule has 6 heteroatoms. The quantitative estimate of drug-likeness (QED) is 0.822. The average molecular weight is 391 g/mol. The van der Waals surface area contributed by atoms with Crippen LogP contribution in [0.3, 0.4) is 0 Å². The Balaban J connectivity index is 1.61. The first-order chi connectivity index (χ1) is 11.7. The van der Waals surface area contributed by atoms with E-state index in [1.807, 2.05) is 42.3 Å². The molecular weight excluding hydrogens is 368 g/mol. The lowest BCUT2D eigenvalue weighted by molar-refractivity contribution is 0.0681. The third-order valence-electron chi connectivity index (χ3n) is 4.65. The van der Waals surface area contributed by atoms with Crippen molar-refractivity contribution in [2.24, 2.45) is 5.92 Å². The van der Waals surface area contributed by atoms with Gasteiger partial charge in [-0.15, -0.1) is 0 Å². The molecule has 5 nitrogen and oxygen atoms in total. The maximum atomic E-state index is 12.7. The van der Waals surface area contributed by atoms with Crippen LogP contribution in [-0.4, -0.2) is 47.7 Å². The molecule has 1 aliphatic rings. The van der Waals surface area contributed by atoms with Crippen molar-refractivity contribution in [1.82, 2.24) is 20.4 Å². The molecule has 0 atom stereocenters. The molecule has 3 rings (SSSR count). The number of aromatic amines is 1. The van der Waals surface area contributed by atoms with Gasteiger partial charge < -0.3 is 10.2 Å². The Morgan fingerprint density at radius 1 is 1.33 bits per heavy atom. The van der Waals surface area contributed by atoms with E-state index in [0.717, 1.165) is 54.1 Å². The van der Waals surface area contributed by atoms with E-state index in [1.165, 1.54) is 6.42 Å². The van der Waals surface area contributed by atoms with Crippen LogP contribution in [0.25, 0.3) is 11.3 Å². The molecule has 24 heavy (non-hydrogen) atoms. The molecule has 0 bridgehead atoms. The van der Waals surface area contributed by atoms with E-state index in [9.17, 15) is 4.79 Å². The van der Waals surface area contributed by atoms with Gasteiger partial charge in [-0.1, -0.05) is 28.1 Å². The molecular formula is C18H23BrN4O. The second kappa shape index (κ2) is 7.94. The van der Waals surface area contributed by atoms with Gasteiger partial charge in [-0.05, 0) is 57.0 Å². The first-order valence-corrected chi connectivity index (χ1v) is 9.22. The second-order valence-electron chi connectivity index (χ2n) is 6.30. The molecule has 0 saturated carbocycles. The third-order valence-corrected chi connectivity index (χ3v) is 5.18. The zero-order valence-corrected chi connectivity index (χ0v) is 15.5. The largest absolute Gasteiger partial charge is 0.337 e. The van der Waals surface area contributed by atoms with Crippen LogP contribution in [0.4, 0.5) is 0 Å². The fourth-order valence-electron chi connectivity index (χ4n) is 3.14. The van der Waals surface area contributed by atoms with Gasteiger partial charge in [-0.2, -0.15) is 5.10 Å². The van der Waals surface area contributed by atoms with Gasteiger partial charge in [0.05, 0.1) is 5.69 Å². The minimum atomic E-state index is 0.0536. The number of hydrogen-bond donors (Lipinski definition) is 2. The molecule has 128 valence electrons. The summed E-state index contributed by atoms with van der Waals surface area (Å²) < 4.78 is 1.03. The maximum absolute atomic E-state index is 12.7. The summed E-state index contributed by atoms with van der Waals surface area (Å²) in [5.41, 5.74) is 2.37. The number of nitrogens with zero attached hydrogens (tertiary/aromatic N) is 2. The third kappa shape index (κ3) is 4.05. The van der Waals surface area contributed by atoms with Crippen molar-refractivity contribution in [3.05, 3.63) is 40.5 Å². The molecule has 1 saturated heterocycles. The number of nitrogens with one attached hydrogen (secondary N) is 2. The van der Waals surface area contributed by atoms with Crippen LogP contribution in [0, 0.1) is 5.92 Å². The maximum Gasteiger partial charge on any atom is 0.271 e. The summed E-state index contributed by atoms with van der Waals surface area (Å²) in [6, 6.07) is 9.77.